The maximum atomic E-state index is 12.9. The first-order valence-corrected chi connectivity index (χ1v) is 9.22. The molecule has 1 aromatic rings. The van der Waals surface area contributed by atoms with E-state index in [1.807, 2.05) is 44.2 Å². The molecule has 0 bridgehead atoms. The van der Waals surface area contributed by atoms with Gasteiger partial charge in [0.2, 0.25) is 5.91 Å². The Bertz CT molecular complexity index is 609. The first kappa shape index (κ1) is 19.9. The number of rotatable bonds is 7. The topological polar surface area (TPSA) is 84.5 Å². The van der Waals surface area contributed by atoms with Gasteiger partial charge in [-0.15, -0.1) is 0 Å². The van der Waals surface area contributed by atoms with Crippen LogP contribution < -0.4 is 10.6 Å². The Kier molecular flexibility index (Phi) is 7.18. The lowest BCUT2D eigenvalue weighted by Crippen LogP contribution is -2.61. The number of alkyl carbamates (subject to hydrolysis) is 1. The van der Waals surface area contributed by atoms with Crippen LogP contribution in [0.5, 0.6) is 0 Å². The number of carbonyl (C=O) groups is 3. The molecule has 2 rings (SSSR count). The van der Waals surface area contributed by atoms with Gasteiger partial charge >= 0.3 is 6.09 Å². The van der Waals surface area contributed by atoms with Crippen LogP contribution in [0, 0.1) is 5.92 Å². The summed E-state index contributed by atoms with van der Waals surface area (Å²) in [4.78, 5) is 36.4. The minimum Gasteiger partial charge on any atom is -0.445 e. The van der Waals surface area contributed by atoms with E-state index in [-0.39, 0.29) is 18.4 Å². The normalized spacial score (nSPS) is 17.2. The van der Waals surface area contributed by atoms with E-state index in [9.17, 15) is 14.4 Å². The molecule has 6 heteroatoms. The van der Waals surface area contributed by atoms with Crippen LogP contribution in [-0.2, 0) is 20.9 Å². The summed E-state index contributed by atoms with van der Waals surface area (Å²) < 4.78 is 5.29. The van der Waals surface area contributed by atoms with Gasteiger partial charge in [0.05, 0.1) is 6.04 Å². The summed E-state index contributed by atoms with van der Waals surface area (Å²) in [6.45, 7) is 3.89. The summed E-state index contributed by atoms with van der Waals surface area (Å²) in [5.41, 5.74) is -0.132. The minimum absolute atomic E-state index is 0.0119. The lowest BCUT2D eigenvalue weighted by molar-refractivity contribution is -0.131. The van der Waals surface area contributed by atoms with Crippen molar-refractivity contribution in [2.75, 3.05) is 0 Å². The number of hydrogen-bond donors (Lipinski definition) is 2. The molecule has 142 valence electrons. The second kappa shape index (κ2) is 9.36. The lowest BCUT2D eigenvalue weighted by atomic mass is 9.80. The summed E-state index contributed by atoms with van der Waals surface area (Å²) >= 11 is 0. The number of ether oxygens (including phenoxy) is 1. The standard InChI is InChI=1S/C20H28N2O4/c1-15(2)17(13-23)21-18(24)20(11-7-4-8-12-20)22-19(25)26-14-16-9-5-3-6-10-16/h3,5-6,9-10,13,15,17H,4,7-8,11-12,14H2,1-2H3,(H,21,24)(H,22,25). The molecule has 1 fully saturated rings. The predicted octanol–water partition coefficient (Wildman–Crippen LogP) is 2.96. The fourth-order valence-corrected chi connectivity index (χ4v) is 3.17. The van der Waals surface area contributed by atoms with Crippen LogP contribution in [0.25, 0.3) is 0 Å². The maximum absolute atomic E-state index is 12.9. The van der Waals surface area contributed by atoms with E-state index in [0.717, 1.165) is 31.1 Å². The third-order valence-corrected chi connectivity index (χ3v) is 4.86. The minimum atomic E-state index is -1.01. The van der Waals surface area contributed by atoms with Crippen molar-refractivity contribution in [3.63, 3.8) is 0 Å². The first-order chi connectivity index (χ1) is 12.5. The molecule has 0 aliphatic heterocycles. The zero-order valence-electron chi connectivity index (χ0n) is 15.5. The third-order valence-electron chi connectivity index (χ3n) is 4.86. The van der Waals surface area contributed by atoms with Gasteiger partial charge in [0, 0.05) is 0 Å². The van der Waals surface area contributed by atoms with Gasteiger partial charge in [0.25, 0.3) is 0 Å². The van der Waals surface area contributed by atoms with Crippen molar-refractivity contribution in [3.05, 3.63) is 35.9 Å². The molecule has 0 aromatic heterocycles. The van der Waals surface area contributed by atoms with Crippen molar-refractivity contribution in [1.82, 2.24) is 10.6 Å². The first-order valence-electron chi connectivity index (χ1n) is 9.22. The molecule has 2 N–H and O–H groups in total. The molecule has 1 aliphatic rings. The Morgan fingerprint density at radius 1 is 1.15 bits per heavy atom. The zero-order valence-corrected chi connectivity index (χ0v) is 15.5. The molecular formula is C20H28N2O4. The van der Waals surface area contributed by atoms with Gasteiger partial charge in [-0.2, -0.15) is 0 Å². The largest absolute Gasteiger partial charge is 0.445 e. The summed E-state index contributed by atoms with van der Waals surface area (Å²) in [5, 5.41) is 5.56. The van der Waals surface area contributed by atoms with Crippen LogP contribution in [0.2, 0.25) is 0 Å². The Balaban J connectivity index is 2.02. The highest BCUT2D eigenvalue weighted by Gasteiger charge is 2.42. The number of carbonyl (C=O) groups excluding carboxylic acids is 3. The molecule has 1 aliphatic carbocycles. The average molecular weight is 360 g/mol. The maximum Gasteiger partial charge on any atom is 0.408 e. The van der Waals surface area contributed by atoms with E-state index in [2.05, 4.69) is 10.6 Å². The second-order valence-electron chi connectivity index (χ2n) is 7.21. The Hall–Kier alpha value is -2.37. The van der Waals surface area contributed by atoms with E-state index in [0.29, 0.717) is 12.8 Å². The Morgan fingerprint density at radius 2 is 1.81 bits per heavy atom. The van der Waals surface area contributed by atoms with Crippen LogP contribution in [0.3, 0.4) is 0 Å². The van der Waals surface area contributed by atoms with Crippen LogP contribution in [0.15, 0.2) is 30.3 Å². The molecule has 1 aromatic carbocycles. The fraction of sp³-hybridized carbons (Fsp3) is 0.550. The molecule has 0 saturated heterocycles. The highest BCUT2D eigenvalue weighted by molar-refractivity contribution is 5.91. The van der Waals surface area contributed by atoms with E-state index >= 15 is 0 Å². The smallest absolute Gasteiger partial charge is 0.408 e. The van der Waals surface area contributed by atoms with Crippen molar-refractivity contribution >= 4 is 18.3 Å². The van der Waals surface area contributed by atoms with Crippen molar-refractivity contribution in [2.24, 2.45) is 5.92 Å². The van der Waals surface area contributed by atoms with Gasteiger partial charge in [-0.3, -0.25) is 4.79 Å². The number of nitrogens with one attached hydrogen (secondary N) is 2. The van der Waals surface area contributed by atoms with Crippen LogP contribution in [0.1, 0.15) is 51.5 Å². The van der Waals surface area contributed by atoms with Gasteiger partial charge in [-0.05, 0) is 24.3 Å². The molecule has 1 saturated carbocycles. The zero-order chi connectivity index (χ0) is 19.0. The molecule has 6 nitrogen and oxygen atoms in total. The van der Waals surface area contributed by atoms with E-state index in [1.165, 1.54) is 0 Å². The van der Waals surface area contributed by atoms with Crippen molar-refractivity contribution in [3.8, 4) is 0 Å². The number of amides is 2. The van der Waals surface area contributed by atoms with Gasteiger partial charge in [0.15, 0.2) is 0 Å². The molecule has 0 spiro atoms. The third kappa shape index (κ3) is 5.31. The summed E-state index contributed by atoms with van der Waals surface area (Å²) in [6, 6.07) is 8.81. The predicted molar refractivity (Wildman–Crippen MR) is 98.4 cm³/mol. The molecule has 26 heavy (non-hydrogen) atoms. The van der Waals surface area contributed by atoms with Crippen LogP contribution >= 0.6 is 0 Å². The molecular weight excluding hydrogens is 332 g/mol. The van der Waals surface area contributed by atoms with E-state index < -0.39 is 17.7 Å². The van der Waals surface area contributed by atoms with Crippen LogP contribution in [0.4, 0.5) is 4.79 Å². The molecule has 0 radical (unpaired) electrons. The van der Waals surface area contributed by atoms with Gasteiger partial charge in [-0.25, -0.2) is 4.79 Å². The van der Waals surface area contributed by atoms with E-state index in [4.69, 9.17) is 4.74 Å². The quantitative estimate of drug-likeness (QED) is 0.732. The second-order valence-corrected chi connectivity index (χ2v) is 7.21. The molecule has 1 atom stereocenters. The van der Waals surface area contributed by atoms with Crippen molar-refractivity contribution < 1.29 is 19.1 Å². The number of benzene rings is 1. The van der Waals surface area contributed by atoms with Crippen molar-refractivity contribution in [2.45, 2.75) is 64.1 Å². The highest BCUT2D eigenvalue weighted by Crippen LogP contribution is 2.29. The molecule has 2 amide bonds. The highest BCUT2D eigenvalue weighted by atomic mass is 16.5. The summed E-state index contributed by atoms with van der Waals surface area (Å²) in [7, 11) is 0. The van der Waals surface area contributed by atoms with Gasteiger partial charge < -0.3 is 20.2 Å². The number of aldehydes is 1. The van der Waals surface area contributed by atoms with E-state index in [1.54, 1.807) is 0 Å². The fourth-order valence-electron chi connectivity index (χ4n) is 3.17. The SMILES string of the molecule is CC(C)C(C=O)NC(=O)C1(NC(=O)OCc2ccccc2)CCCCC1. The lowest BCUT2D eigenvalue weighted by Gasteiger charge is -2.37. The van der Waals surface area contributed by atoms with Gasteiger partial charge in [-0.1, -0.05) is 63.4 Å². The average Bonchev–Trinajstić information content (AvgIpc) is 2.65. The van der Waals surface area contributed by atoms with Crippen LogP contribution in [-0.4, -0.2) is 29.9 Å². The molecule has 1 unspecified atom stereocenters. The summed E-state index contributed by atoms with van der Waals surface area (Å²) in [6.07, 6.45) is 3.94. The monoisotopic (exact) mass is 360 g/mol. The molecule has 0 heterocycles. The summed E-state index contributed by atoms with van der Waals surface area (Å²) in [5.74, 6) is -0.318. The van der Waals surface area contributed by atoms with Gasteiger partial charge in [0.1, 0.15) is 18.4 Å². The Labute approximate surface area is 154 Å². The Morgan fingerprint density at radius 3 is 2.38 bits per heavy atom. The number of hydrogen-bond acceptors (Lipinski definition) is 4. The van der Waals surface area contributed by atoms with Crippen molar-refractivity contribution in [1.29, 1.82) is 0 Å².